The fraction of sp³-hybridized carbons (Fsp3) is 1.00. The molecular weight excluding hydrogens is 112 g/mol. The molecule has 3 atom stereocenters. The lowest BCUT2D eigenvalue weighted by Gasteiger charge is -2.18. The highest BCUT2D eigenvalue weighted by Gasteiger charge is 2.19. The van der Waals surface area contributed by atoms with E-state index in [0.717, 1.165) is 0 Å². The van der Waals surface area contributed by atoms with Crippen molar-refractivity contribution >= 4 is 0 Å². The Hall–Kier alpha value is -0.180. The number of piperidine rings is 1. The number of nitrogens with one attached hydrogen (secondary N) is 1. The SMILES string of the molecule is [2H]C1[C@]([2H])(F)C([2H])([2H])NC([2H])([2H])[C@]1([2H])F. The van der Waals surface area contributed by atoms with Gasteiger partial charge in [-0.2, -0.15) is 0 Å². The standard InChI is InChI=1S/C5H9F2N/c6-4-1-5(7)3-8-2-4/h4-5,8H,1-3H2/t4-,5+/i1D,2D2,3D2,4D,5D/t1?,4-,5+. The van der Waals surface area contributed by atoms with Gasteiger partial charge in [-0.05, 0) is 0 Å². The normalized spacial score (nSPS) is 92.8. The smallest absolute Gasteiger partial charge is 0.115 e. The molecule has 3 heteroatoms. The lowest BCUT2D eigenvalue weighted by atomic mass is 10.1. The molecule has 0 aromatic heterocycles. The highest BCUT2D eigenvalue weighted by Crippen LogP contribution is 2.08. The van der Waals surface area contributed by atoms with Crippen molar-refractivity contribution in [1.29, 1.82) is 0 Å². The molecule has 1 heterocycles. The topological polar surface area (TPSA) is 12.0 Å². The second kappa shape index (κ2) is 2.40. The molecule has 0 aromatic carbocycles. The van der Waals surface area contributed by atoms with Crippen molar-refractivity contribution in [3.63, 3.8) is 0 Å². The van der Waals surface area contributed by atoms with Crippen LogP contribution in [0.2, 0.25) is 0 Å². The Morgan fingerprint density at radius 1 is 1.50 bits per heavy atom. The number of alkyl halides is 2. The maximum absolute atomic E-state index is 13.4. The molecule has 1 saturated heterocycles. The van der Waals surface area contributed by atoms with Crippen molar-refractivity contribution in [1.82, 2.24) is 5.32 Å². The summed E-state index contributed by atoms with van der Waals surface area (Å²) in [5, 5.41) is 1.26. The van der Waals surface area contributed by atoms with Gasteiger partial charge in [0, 0.05) is 26.2 Å². The zero-order valence-corrected chi connectivity index (χ0v) is 3.83. The first kappa shape index (κ1) is 1.66. The Morgan fingerprint density at radius 3 is 2.50 bits per heavy atom. The van der Waals surface area contributed by atoms with Gasteiger partial charge < -0.3 is 5.32 Å². The highest BCUT2D eigenvalue weighted by molar-refractivity contribution is 4.74. The molecule has 0 radical (unpaired) electrons. The van der Waals surface area contributed by atoms with Gasteiger partial charge in [0.1, 0.15) is 12.3 Å². The predicted octanol–water partition coefficient (Wildman–Crippen LogP) is 0.656. The molecule has 0 bridgehead atoms. The van der Waals surface area contributed by atoms with E-state index in [0.29, 0.717) is 0 Å². The molecule has 0 spiro atoms. The summed E-state index contributed by atoms with van der Waals surface area (Å²) in [7, 11) is 0. The summed E-state index contributed by atoms with van der Waals surface area (Å²) in [5.74, 6) is 0. The molecule has 1 N–H and O–H groups in total. The van der Waals surface area contributed by atoms with E-state index in [1.165, 1.54) is 5.32 Å². The zero-order valence-electron chi connectivity index (χ0n) is 10.8. The van der Waals surface area contributed by atoms with Crippen LogP contribution >= 0.6 is 0 Å². The summed E-state index contributed by atoms with van der Waals surface area (Å²) in [5.41, 5.74) is 0. The average molecular weight is 128 g/mol. The molecule has 48 valence electrons. The lowest BCUT2D eigenvalue weighted by Crippen LogP contribution is -2.38. The van der Waals surface area contributed by atoms with Crippen LogP contribution < -0.4 is 5.32 Å². The van der Waals surface area contributed by atoms with Crippen LogP contribution in [0.15, 0.2) is 0 Å². The van der Waals surface area contributed by atoms with Gasteiger partial charge in [-0.1, -0.05) is 0 Å². The zero-order chi connectivity index (χ0) is 12.3. The monoisotopic (exact) mass is 128 g/mol. The molecule has 8 heavy (non-hydrogen) atoms. The van der Waals surface area contributed by atoms with Crippen molar-refractivity contribution in [2.75, 3.05) is 13.0 Å². The lowest BCUT2D eigenvalue weighted by molar-refractivity contribution is 0.173. The van der Waals surface area contributed by atoms with Crippen LogP contribution in [0.1, 0.15) is 16.0 Å². The van der Waals surface area contributed by atoms with Crippen LogP contribution in [0.5, 0.6) is 0 Å². The van der Waals surface area contributed by atoms with E-state index in [1.807, 2.05) is 0 Å². The molecular formula is C5H9F2N. The first-order valence-corrected chi connectivity index (χ1v) is 1.96. The Kier molecular flexibility index (Phi) is 0.496. The molecule has 0 aliphatic carbocycles. The van der Waals surface area contributed by atoms with E-state index >= 15 is 0 Å². The molecule has 0 saturated carbocycles. The summed E-state index contributed by atoms with van der Waals surface area (Å²) >= 11 is 0. The van der Waals surface area contributed by atoms with E-state index in [9.17, 15) is 8.78 Å². The molecule has 1 fully saturated rings. The van der Waals surface area contributed by atoms with Crippen molar-refractivity contribution < 1.29 is 18.4 Å². The van der Waals surface area contributed by atoms with Gasteiger partial charge in [-0.15, -0.1) is 0 Å². The summed E-state index contributed by atoms with van der Waals surface area (Å²) < 4.78 is 75.3. The largest absolute Gasteiger partial charge is 0.311 e. The Labute approximate surface area is 56.9 Å². The predicted molar refractivity (Wildman–Crippen MR) is 27.3 cm³/mol. The van der Waals surface area contributed by atoms with E-state index in [-0.39, 0.29) is 0 Å². The molecule has 0 aromatic rings. The number of hydrogen-bond donors (Lipinski definition) is 1. The minimum absolute atomic E-state index is 1.26. The Morgan fingerprint density at radius 2 is 2.00 bits per heavy atom. The third-order valence-electron chi connectivity index (χ3n) is 0.617. The Balaban J connectivity index is 3.24. The minimum Gasteiger partial charge on any atom is -0.311 e. The second-order valence-electron chi connectivity index (χ2n) is 1.22. The first-order chi connectivity index (χ1) is 6.36. The van der Waals surface area contributed by atoms with Crippen LogP contribution in [0.3, 0.4) is 0 Å². The maximum Gasteiger partial charge on any atom is 0.115 e. The van der Waals surface area contributed by atoms with E-state index in [4.69, 9.17) is 9.60 Å². The van der Waals surface area contributed by atoms with Gasteiger partial charge in [0.25, 0.3) is 0 Å². The molecule has 0 amide bonds. The van der Waals surface area contributed by atoms with Crippen LogP contribution in [0, 0.1) is 0 Å². The van der Waals surface area contributed by atoms with Gasteiger partial charge in [0.05, 0.1) is 2.74 Å². The van der Waals surface area contributed by atoms with Crippen molar-refractivity contribution in [3.05, 3.63) is 0 Å². The molecule has 1 aliphatic rings. The van der Waals surface area contributed by atoms with Gasteiger partial charge in [-0.25, -0.2) is 8.78 Å². The maximum atomic E-state index is 13.4. The first-order valence-electron chi connectivity index (χ1n) is 5.53. The summed E-state index contributed by atoms with van der Waals surface area (Å²) in [6.07, 6.45) is -10.3. The van der Waals surface area contributed by atoms with Crippen molar-refractivity contribution in [2.24, 2.45) is 0 Å². The van der Waals surface area contributed by atoms with Crippen LogP contribution in [-0.2, 0) is 0 Å². The third-order valence-corrected chi connectivity index (χ3v) is 0.617. The Bertz CT molecular complexity index is 253. The average Bonchev–Trinajstić information content (AvgIpc) is 1.98. The van der Waals surface area contributed by atoms with Crippen LogP contribution in [0.4, 0.5) is 8.78 Å². The third kappa shape index (κ3) is 1.40. The number of halogens is 2. The summed E-state index contributed by atoms with van der Waals surface area (Å²) in [4.78, 5) is 0. The fourth-order valence-corrected chi connectivity index (χ4v) is 0.334. The van der Waals surface area contributed by atoms with Crippen molar-refractivity contribution in [2.45, 2.75) is 18.7 Å². The van der Waals surface area contributed by atoms with Gasteiger partial charge in [-0.3, -0.25) is 0 Å². The van der Waals surface area contributed by atoms with Gasteiger partial charge >= 0.3 is 0 Å². The molecule has 1 unspecified atom stereocenters. The fourth-order valence-electron chi connectivity index (χ4n) is 0.334. The minimum atomic E-state index is -3.74. The van der Waals surface area contributed by atoms with Crippen LogP contribution in [0.25, 0.3) is 0 Å². The summed E-state index contributed by atoms with van der Waals surface area (Å²) in [6.45, 7) is -6.47. The van der Waals surface area contributed by atoms with E-state index in [2.05, 4.69) is 0 Å². The second-order valence-corrected chi connectivity index (χ2v) is 1.22. The number of rotatable bonds is 0. The van der Waals surface area contributed by atoms with E-state index in [1.54, 1.807) is 0 Å². The molecule has 1 aliphatic heterocycles. The number of hydrogen-bond acceptors (Lipinski definition) is 1. The highest BCUT2D eigenvalue weighted by atomic mass is 19.1. The molecule has 1 nitrogen and oxygen atoms in total. The van der Waals surface area contributed by atoms with Gasteiger partial charge in [0.15, 0.2) is 0 Å². The van der Waals surface area contributed by atoms with Crippen LogP contribution in [-0.4, -0.2) is 25.3 Å². The molecule has 1 rings (SSSR count). The van der Waals surface area contributed by atoms with Gasteiger partial charge in [0.2, 0.25) is 0 Å². The van der Waals surface area contributed by atoms with E-state index < -0.39 is 31.7 Å². The summed E-state index contributed by atoms with van der Waals surface area (Å²) in [6, 6.07) is 0. The van der Waals surface area contributed by atoms with Crippen molar-refractivity contribution in [3.8, 4) is 0 Å². The quantitative estimate of drug-likeness (QED) is 0.505.